The molecule has 6 heterocycles. The van der Waals surface area contributed by atoms with Gasteiger partial charge in [0.05, 0.1) is 32.2 Å². The van der Waals surface area contributed by atoms with Gasteiger partial charge in [-0.2, -0.15) is 0 Å². The summed E-state index contributed by atoms with van der Waals surface area (Å²) in [7, 11) is 0. The molecule has 2 aliphatic rings. The van der Waals surface area contributed by atoms with Crippen LogP contribution in [0.1, 0.15) is 74.1 Å². The predicted molar refractivity (Wildman–Crippen MR) is 324 cm³/mol. The van der Waals surface area contributed by atoms with E-state index in [1.807, 2.05) is 12.1 Å². The minimum atomic E-state index is -1.84. The van der Waals surface area contributed by atoms with Crippen LogP contribution in [-0.2, 0) is 83.2 Å². The summed E-state index contributed by atoms with van der Waals surface area (Å²) in [6.45, 7) is -1.12. The number of unbranched alkanes of at least 4 members (excludes halogenated alkanes) is 1. The van der Waals surface area contributed by atoms with E-state index in [0.717, 1.165) is 10.8 Å². The first-order chi connectivity index (χ1) is 43.7. The minimum Gasteiger partial charge on any atom is -0.394 e. The van der Waals surface area contributed by atoms with Crippen LogP contribution in [0, 0.1) is 0 Å². The van der Waals surface area contributed by atoms with Crippen LogP contribution < -0.4 is 65.1 Å². The number of hydrogen-bond acceptors (Lipinski definition) is 16. The van der Waals surface area contributed by atoms with E-state index in [4.69, 9.17) is 17.2 Å². The number of primary amides is 2. The third-order valence-electron chi connectivity index (χ3n) is 15.5. The van der Waals surface area contributed by atoms with Crippen molar-refractivity contribution < 1.29 is 62.6 Å². The van der Waals surface area contributed by atoms with Crippen LogP contribution in [0.15, 0.2) is 85.7 Å². The van der Waals surface area contributed by atoms with E-state index in [-0.39, 0.29) is 76.1 Å². The number of nitrogens with zero attached hydrogens (tertiary/aromatic N) is 3. The van der Waals surface area contributed by atoms with Crippen molar-refractivity contribution in [3.63, 3.8) is 0 Å². The molecule has 91 heavy (non-hydrogen) atoms. The van der Waals surface area contributed by atoms with Gasteiger partial charge in [-0.25, -0.2) is 9.97 Å². The molecule has 484 valence electrons. The van der Waals surface area contributed by atoms with Gasteiger partial charge >= 0.3 is 0 Å². The van der Waals surface area contributed by atoms with Crippen molar-refractivity contribution in [3.8, 4) is 0 Å². The van der Waals surface area contributed by atoms with Crippen LogP contribution in [0.3, 0.4) is 0 Å². The zero-order valence-electron chi connectivity index (χ0n) is 49.5. The molecule has 0 radical (unpaired) electrons. The van der Waals surface area contributed by atoms with E-state index in [2.05, 4.69) is 77.8 Å². The van der Waals surface area contributed by atoms with Gasteiger partial charge in [-0.3, -0.25) is 57.5 Å². The molecule has 2 aromatic carbocycles. The molecular weight excluding hydrogens is 1180 g/mol. The number of carbonyl (C=O) groups excluding carboxylic acids is 12. The highest BCUT2D eigenvalue weighted by Crippen LogP contribution is 2.22. The Balaban J connectivity index is 1.01. The quantitative estimate of drug-likeness (QED) is 0.0173. The lowest BCUT2D eigenvalue weighted by molar-refractivity contribution is -0.142. The highest BCUT2D eigenvalue weighted by molar-refractivity contribution is 6.00. The summed E-state index contributed by atoms with van der Waals surface area (Å²) < 4.78 is 0. The number of amides is 12. The molecule has 2 fully saturated rings. The maximum atomic E-state index is 14.7. The van der Waals surface area contributed by atoms with Crippen LogP contribution in [0.25, 0.3) is 21.8 Å². The lowest BCUT2D eigenvalue weighted by Gasteiger charge is -2.30. The fourth-order valence-corrected chi connectivity index (χ4v) is 10.9. The van der Waals surface area contributed by atoms with Crippen molar-refractivity contribution in [3.05, 3.63) is 108 Å². The number of para-hydroxylation sites is 2. The average molecular weight is 1260 g/mol. The van der Waals surface area contributed by atoms with Crippen molar-refractivity contribution in [2.75, 3.05) is 26.2 Å². The maximum Gasteiger partial charge on any atom is 0.245 e. The Morgan fingerprint density at radius 3 is 1.54 bits per heavy atom. The van der Waals surface area contributed by atoms with E-state index in [1.54, 1.807) is 48.5 Å². The van der Waals surface area contributed by atoms with Crippen LogP contribution in [0.5, 0.6) is 0 Å². The third kappa shape index (κ3) is 18.5. The predicted octanol–water partition coefficient (Wildman–Crippen LogP) is -4.37. The molecule has 8 rings (SSSR count). The normalized spacial score (nSPS) is 16.9. The molecule has 4 aromatic heterocycles. The molecule has 0 spiro atoms. The molecule has 32 heteroatoms. The number of rotatable bonds is 33. The van der Waals surface area contributed by atoms with E-state index in [0.29, 0.717) is 47.4 Å². The molecule has 32 nitrogen and oxygen atoms in total. The molecule has 9 atom stereocenters. The highest BCUT2D eigenvalue weighted by Gasteiger charge is 2.40. The molecule has 6 aromatic rings. The Bertz CT molecular complexity index is 3520. The molecule has 0 bridgehead atoms. The van der Waals surface area contributed by atoms with Crippen molar-refractivity contribution in [1.82, 2.24) is 82.7 Å². The second-order valence-electron chi connectivity index (χ2n) is 22.3. The van der Waals surface area contributed by atoms with Gasteiger partial charge in [-0.1, -0.05) is 36.4 Å². The van der Waals surface area contributed by atoms with E-state index in [9.17, 15) is 62.6 Å². The van der Waals surface area contributed by atoms with Crippen LogP contribution >= 0.6 is 0 Å². The summed E-state index contributed by atoms with van der Waals surface area (Å²) in [5.74, 6) is -10.2. The molecule has 0 aliphatic carbocycles. The fraction of sp³-hybridized carbons (Fsp3) is 0.424. The summed E-state index contributed by atoms with van der Waals surface area (Å²) >= 11 is 0. The SMILES string of the molecule is NCCCC[C@H](NC(=O)[C@H](Cc1cc2ccccc2[nH]1)NC(=O)[C@H](CC(N)=O)NC(=O)[C@H](Cc1cnc[nH]1)NC(=O)[C@H](CO)NC(=O)[C@H](Cc1cc2ccccc2[nH]1)NC(=O)[C@H](Cc1cnc[nH]1)NC(=O)[C@@H]1CCC(=O)N1)C(=O)N1CCC[C@H]1C(=O)NCC(N)=O. The summed E-state index contributed by atoms with van der Waals surface area (Å²) in [4.78, 5) is 186. The summed E-state index contributed by atoms with van der Waals surface area (Å²) in [5.41, 5.74) is 19.7. The number of hydrogen-bond donors (Lipinski definition) is 17. The molecule has 0 unspecified atom stereocenters. The van der Waals surface area contributed by atoms with Gasteiger partial charge in [0, 0.05) is 84.9 Å². The Morgan fingerprint density at radius 1 is 0.582 bits per heavy atom. The van der Waals surface area contributed by atoms with E-state index >= 15 is 0 Å². The van der Waals surface area contributed by atoms with Crippen molar-refractivity contribution in [2.45, 2.75) is 131 Å². The number of likely N-dealkylation sites (tertiary alicyclic amines) is 1. The molecule has 2 saturated heterocycles. The molecule has 12 amide bonds. The fourth-order valence-electron chi connectivity index (χ4n) is 10.9. The van der Waals surface area contributed by atoms with Crippen LogP contribution in [0.4, 0.5) is 0 Å². The van der Waals surface area contributed by atoms with Crippen molar-refractivity contribution in [1.29, 1.82) is 0 Å². The first-order valence-corrected chi connectivity index (χ1v) is 29.7. The number of carbonyl (C=O) groups is 12. The number of H-pyrrole nitrogens is 4. The molecular formula is C59H75N19O13. The van der Waals surface area contributed by atoms with E-state index < -0.39 is 139 Å². The zero-order chi connectivity index (χ0) is 65.1. The standard InChI is InChI=1S/C59H75N19O13/c60-16-6-5-12-40(59(91)78-17-7-13-47(78)58(90)65-27-49(62)81)71-52(84)41(20-33-18-31-8-1-3-10-37(31)68-33)74-56(88)45(24-48(61)80)76-54(86)44(23-36-26-64-30-67-36)75-57(89)46(28-79)77-55(87)42(21-34-19-32-9-2-4-11-38(32)69-34)73-53(85)43(22-35-25-63-29-66-35)72-51(83)39-14-15-50(82)70-39/h1-4,8-11,18-19,25-26,29-30,39-47,68-69,79H,5-7,12-17,20-24,27-28,60H2,(H2,61,80)(H2,62,81)(H,63,66)(H,64,67)(H,65,90)(H,70,82)(H,71,84)(H,72,83)(H,73,85)(H,74,88)(H,75,89)(H,76,86)(H,77,87)/t39-,40-,41-,42-,43-,44-,45-,46-,47-/m0/s1. The second-order valence-corrected chi connectivity index (χ2v) is 22.3. The maximum absolute atomic E-state index is 14.7. The van der Waals surface area contributed by atoms with Crippen LogP contribution in [0.2, 0.25) is 0 Å². The number of aliphatic hydroxyl groups is 1. The Kier molecular flexibility index (Phi) is 23.1. The van der Waals surface area contributed by atoms with Gasteiger partial charge < -0.3 is 95.0 Å². The lowest BCUT2D eigenvalue weighted by Crippen LogP contribution is -2.62. The first-order valence-electron chi connectivity index (χ1n) is 29.7. The molecule has 0 saturated carbocycles. The largest absolute Gasteiger partial charge is 0.394 e. The second kappa shape index (κ2) is 31.6. The Labute approximate surface area is 519 Å². The molecule has 2 aliphatic heterocycles. The topological polar surface area (TPSA) is 504 Å². The molecule has 20 N–H and O–H groups in total. The lowest BCUT2D eigenvalue weighted by atomic mass is 10.0. The first kappa shape index (κ1) is 66.5. The zero-order valence-corrected chi connectivity index (χ0v) is 49.5. The Morgan fingerprint density at radius 2 is 1.07 bits per heavy atom. The average Bonchev–Trinajstić information content (AvgIpc) is 2.09. The van der Waals surface area contributed by atoms with Gasteiger partial charge in [0.25, 0.3) is 0 Å². The summed E-state index contributed by atoms with van der Waals surface area (Å²) in [5, 5.41) is 35.4. The van der Waals surface area contributed by atoms with Gasteiger partial charge in [-0.05, 0) is 80.1 Å². The van der Waals surface area contributed by atoms with Gasteiger partial charge in [-0.15, -0.1) is 0 Å². The number of aromatic amines is 4. The van der Waals surface area contributed by atoms with E-state index in [1.165, 1.54) is 29.9 Å². The Hall–Kier alpha value is -10.5. The number of imidazole rings is 2. The summed E-state index contributed by atoms with van der Waals surface area (Å²) in [6.07, 6.45) is 5.46. The number of nitrogens with one attached hydrogen (secondary N) is 13. The number of nitrogens with two attached hydrogens (primary N) is 3. The van der Waals surface area contributed by atoms with Gasteiger partial charge in [0.2, 0.25) is 70.9 Å². The monoisotopic (exact) mass is 1260 g/mol. The van der Waals surface area contributed by atoms with Gasteiger partial charge in [0.1, 0.15) is 54.4 Å². The minimum absolute atomic E-state index is 0.0619. The van der Waals surface area contributed by atoms with Crippen molar-refractivity contribution in [2.24, 2.45) is 17.2 Å². The smallest absolute Gasteiger partial charge is 0.245 e. The van der Waals surface area contributed by atoms with Gasteiger partial charge in [0.15, 0.2) is 0 Å². The number of benzene rings is 2. The number of fused-ring (bicyclic) bond motifs is 2. The summed E-state index contributed by atoms with van der Waals surface area (Å²) in [6, 6.07) is 4.96. The number of aromatic nitrogens is 6. The highest BCUT2D eigenvalue weighted by atomic mass is 16.3. The van der Waals surface area contributed by atoms with Crippen LogP contribution in [-0.4, -0.2) is 191 Å². The van der Waals surface area contributed by atoms with Crippen molar-refractivity contribution >= 4 is 92.7 Å². The third-order valence-corrected chi connectivity index (χ3v) is 15.5. The number of aliphatic hydroxyl groups excluding tert-OH is 1.